The van der Waals surface area contributed by atoms with Gasteiger partial charge in [-0.15, -0.1) is 5.10 Å². The van der Waals surface area contributed by atoms with Gasteiger partial charge in [-0.05, 0) is 108 Å². The summed E-state index contributed by atoms with van der Waals surface area (Å²) in [5.74, 6) is 0.140. The Labute approximate surface area is 377 Å². The zero-order valence-corrected chi connectivity index (χ0v) is 38.3. The highest BCUT2D eigenvalue weighted by Gasteiger charge is 2.50. The van der Waals surface area contributed by atoms with E-state index in [4.69, 9.17) is 14.2 Å². The Morgan fingerprint density at radius 2 is 1.47 bits per heavy atom. The molecule has 1 aromatic heterocycles. The maximum atomic E-state index is 12.8. The number of hydrogen-bond donors (Lipinski definition) is 5. The standard InChI is InChI=1S/C49H67N7O8/c1-48(2,3)35-11-7-32(8-12-35)46(60)52-22-24-63-26-25-62-23-21-51-43(57)28-33-27-34(45(59)44(33)58)29-56-42-18-16-38-37(15-17-41(42)54-55-56)39(38)30-64-47(61)53-36-13-9-31(10-14-36)40(19-20-50)49(4,5)6/h7-14,19,33-34,37-39,44-45,58-59H,15-18,21-30H2,1-6H3,(H,51,57)(H,52,60)(H,53,61)/b40-19-/t33-,34-,37?,38?,39?,44+,45-/m1/s1. The van der Waals surface area contributed by atoms with E-state index >= 15 is 0 Å². The molecule has 2 fully saturated rings. The molecule has 3 amide bonds. The van der Waals surface area contributed by atoms with E-state index in [0.717, 1.165) is 48.2 Å². The lowest BCUT2D eigenvalue weighted by molar-refractivity contribution is -0.123. The van der Waals surface area contributed by atoms with E-state index in [1.807, 2.05) is 53.2 Å². The van der Waals surface area contributed by atoms with E-state index in [1.165, 1.54) is 5.56 Å². The van der Waals surface area contributed by atoms with Crippen LogP contribution in [0.15, 0.2) is 54.6 Å². The van der Waals surface area contributed by atoms with E-state index in [0.29, 0.717) is 82.2 Å². The predicted octanol–water partition coefficient (Wildman–Crippen LogP) is 5.85. The molecule has 0 spiro atoms. The van der Waals surface area contributed by atoms with Crippen LogP contribution in [0.25, 0.3) is 5.57 Å². The van der Waals surface area contributed by atoms with Gasteiger partial charge in [0.25, 0.3) is 5.91 Å². The van der Waals surface area contributed by atoms with Crippen LogP contribution in [-0.4, -0.2) is 101 Å². The van der Waals surface area contributed by atoms with Crippen molar-refractivity contribution in [3.8, 4) is 6.07 Å². The van der Waals surface area contributed by atoms with E-state index in [1.54, 1.807) is 6.08 Å². The maximum absolute atomic E-state index is 12.8. The van der Waals surface area contributed by atoms with Crippen LogP contribution in [-0.2, 0) is 43.8 Å². The summed E-state index contributed by atoms with van der Waals surface area (Å²) in [7, 11) is 0. The van der Waals surface area contributed by atoms with E-state index in [-0.39, 0.29) is 46.8 Å². The van der Waals surface area contributed by atoms with Crippen LogP contribution in [0, 0.1) is 46.3 Å². The minimum absolute atomic E-state index is 0.0256. The highest BCUT2D eigenvalue weighted by atomic mass is 16.5. The lowest BCUT2D eigenvalue weighted by Gasteiger charge is -2.22. The first-order valence-corrected chi connectivity index (χ1v) is 22.8. The minimum atomic E-state index is -1.02. The Balaban J connectivity index is 0.841. The van der Waals surface area contributed by atoms with Crippen molar-refractivity contribution in [2.75, 3.05) is 51.4 Å². The molecule has 2 aromatic carbocycles. The summed E-state index contributed by atoms with van der Waals surface area (Å²) in [5.41, 5.74) is 6.07. The molecule has 3 aliphatic carbocycles. The molecule has 15 nitrogen and oxygen atoms in total. The maximum Gasteiger partial charge on any atom is 0.411 e. The molecule has 0 saturated heterocycles. The van der Waals surface area contributed by atoms with Crippen molar-refractivity contribution in [3.63, 3.8) is 0 Å². The molecule has 1 heterocycles. The molecule has 0 bridgehead atoms. The average molecular weight is 882 g/mol. The Kier molecular flexibility index (Phi) is 16.4. The van der Waals surface area contributed by atoms with Crippen molar-refractivity contribution in [3.05, 3.63) is 82.7 Å². The number of nitrogens with zero attached hydrogens (tertiary/aromatic N) is 4. The first-order valence-electron chi connectivity index (χ1n) is 22.8. The van der Waals surface area contributed by atoms with Crippen molar-refractivity contribution >= 4 is 29.2 Å². The highest BCUT2D eigenvalue weighted by molar-refractivity contribution is 5.94. The summed E-state index contributed by atoms with van der Waals surface area (Å²) in [4.78, 5) is 37.9. The quantitative estimate of drug-likeness (QED) is 0.0757. The number of carbonyl (C=O) groups is 3. The number of aryl methyl sites for hydroxylation is 1. The zero-order valence-electron chi connectivity index (χ0n) is 38.3. The topological polar surface area (TPSA) is 210 Å². The molecule has 0 aliphatic heterocycles. The van der Waals surface area contributed by atoms with Crippen LogP contribution in [0.4, 0.5) is 10.5 Å². The number of anilines is 1. The molecular weight excluding hydrogens is 815 g/mol. The largest absolute Gasteiger partial charge is 0.449 e. The first-order chi connectivity index (χ1) is 30.5. The third-order valence-electron chi connectivity index (χ3n) is 13.0. The number of carbonyl (C=O) groups excluding carboxylic acids is 3. The zero-order chi connectivity index (χ0) is 46.0. The molecule has 5 N–H and O–H groups in total. The lowest BCUT2D eigenvalue weighted by Crippen LogP contribution is -2.34. The van der Waals surface area contributed by atoms with Gasteiger partial charge in [-0.25, -0.2) is 9.48 Å². The van der Waals surface area contributed by atoms with Gasteiger partial charge in [0.15, 0.2) is 0 Å². The molecule has 6 rings (SSSR count). The Hall–Kier alpha value is -5.14. The fraction of sp³-hybridized carbons (Fsp3) is 0.592. The third-order valence-corrected chi connectivity index (χ3v) is 13.0. The number of aliphatic hydroxyl groups is 2. The Morgan fingerprint density at radius 3 is 2.11 bits per heavy atom. The van der Waals surface area contributed by atoms with Gasteiger partial charge in [-0.2, -0.15) is 5.26 Å². The normalized spacial score (nSPS) is 23.2. The number of rotatable bonds is 18. The number of allylic oxidation sites excluding steroid dienone is 2. The highest BCUT2D eigenvalue weighted by Crippen LogP contribution is 2.53. The minimum Gasteiger partial charge on any atom is -0.449 e. The Morgan fingerprint density at radius 1 is 0.844 bits per heavy atom. The molecular formula is C49H67N7O8. The van der Waals surface area contributed by atoms with Gasteiger partial charge in [-0.3, -0.25) is 14.9 Å². The SMILES string of the molecule is CC(C)(C)/C(=C\C#N)c1ccc(NC(=O)OCC2C3CCc4nnn(C[C@H]5C[C@H](CC(=O)NCCOCCOCCNC(=O)c6ccc(C(C)(C)C)cc6)[C@H](O)[C@@H]5O)c4CCC32)cc1. The number of aliphatic hydroxyl groups excluding tert-OH is 2. The number of benzene rings is 2. The van der Waals surface area contributed by atoms with Gasteiger partial charge in [-0.1, -0.05) is 71.0 Å². The van der Waals surface area contributed by atoms with Crippen LogP contribution in [0.3, 0.4) is 0 Å². The molecule has 64 heavy (non-hydrogen) atoms. The van der Waals surface area contributed by atoms with Gasteiger partial charge in [0.2, 0.25) is 5.91 Å². The second-order valence-corrected chi connectivity index (χ2v) is 19.6. The van der Waals surface area contributed by atoms with Gasteiger partial charge < -0.3 is 35.1 Å². The third kappa shape index (κ3) is 13.0. The summed E-state index contributed by atoms with van der Waals surface area (Å²) in [6.07, 6.45) is 3.02. The lowest BCUT2D eigenvalue weighted by atomic mass is 9.82. The van der Waals surface area contributed by atoms with Crippen LogP contribution < -0.4 is 16.0 Å². The Bertz CT molecular complexity index is 2120. The van der Waals surface area contributed by atoms with Crippen LogP contribution in [0.1, 0.15) is 100 Å². The number of nitrogens with one attached hydrogen (secondary N) is 3. The number of aromatic nitrogens is 3. The van der Waals surface area contributed by atoms with E-state index in [9.17, 15) is 29.9 Å². The monoisotopic (exact) mass is 882 g/mol. The summed E-state index contributed by atoms with van der Waals surface area (Å²) in [5, 5.41) is 48.7. The fourth-order valence-electron chi connectivity index (χ4n) is 9.26. The van der Waals surface area contributed by atoms with Crippen molar-refractivity contribution in [2.45, 2.75) is 104 Å². The molecule has 3 aromatic rings. The summed E-state index contributed by atoms with van der Waals surface area (Å²) < 4.78 is 18.7. The molecule has 3 unspecified atom stereocenters. The fourth-order valence-corrected chi connectivity index (χ4v) is 9.26. The molecule has 0 radical (unpaired) electrons. The van der Waals surface area contributed by atoms with E-state index < -0.39 is 18.3 Å². The predicted molar refractivity (Wildman–Crippen MR) is 242 cm³/mol. The first kappa shape index (κ1) is 48.3. The number of fused-ring (bicyclic) bond motifs is 2. The van der Waals surface area contributed by atoms with Crippen LogP contribution in [0.5, 0.6) is 0 Å². The van der Waals surface area contributed by atoms with Crippen LogP contribution in [0.2, 0.25) is 0 Å². The summed E-state index contributed by atoms with van der Waals surface area (Å²) in [6.45, 7) is 15.3. The second-order valence-electron chi connectivity index (χ2n) is 19.6. The van der Waals surface area contributed by atoms with Crippen molar-refractivity contribution in [1.29, 1.82) is 5.26 Å². The molecule has 346 valence electrons. The van der Waals surface area contributed by atoms with Crippen LogP contribution >= 0.6 is 0 Å². The van der Waals surface area contributed by atoms with Gasteiger partial charge in [0, 0.05) is 49.3 Å². The van der Waals surface area contributed by atoms with Crippen molar-refractivity contribution in [2.24, 2.45) is 35.0 Å². The van der Waals surface area contributed by atoms with Gasteiger partial charge >= 0.3 is 6.09 Å². The molecule has 2 saturated carbocycles. The summed E-state index contributed by atoms with van der Waals surface area (Å²) in [6, 6.07) is 17.2. The van der Waals surface area contributed by atoms with Gasteiger partial charge in [0.1, 0.15) is 0 Å². The number of nitriles is 1. The van der Waals surface area contributed by atoms with Crippen molar-refractivity contribution in [1.82, 2.24) is 25.6 Å². The smallest absolute Gasteiger partial charge is 0.411 e. The average Bonchev–Trinajstić information content (AvgIpc) is 3.65. The molecule has 15 heteroatoms. The van der Waals surface area contributed by atoms with E-state index in [2.05, 4.69) is 73.9 Å². The molecule has 7 atom stereocenters. The molecule has 3 aliphatic rings. The van der Waals surface area contributed by atoms with Crippen molar-refractivity contribution < 1.29 is 38.8 Å². The van der Waals surface area contributed by atoms with Gasteiger partial charge in [0.05, 0.1) is 62.7 Å². The number of amides is 3. The summed E-state index contributed by atoms with van der Waals surface area (Å²) >= 11 is 0. The number of ether oxygens (including phenoxy) is 3. The second kappa shape index (κ2) is 21.7. The number of hydrogen-bond acceptors (Lipinski definition) is 11.